The molecule has 0 bridgehead atoms. The summed E-state index contributed by atoms with van der Waals surface area (Å²) in [5.74, 6) is -0.00322. The average molecular weight is 328 g/mol. The van der Waals surface area contributed by atoms with Crippen LogP contribution >= 0.6 is 12.4 Å². The minimum Gasteiger partial charge on any atom is -0.379 e. The van der Waals surface area contributed by atoms with Crippen LogP contribution in [-0.2, 0) is 16.1 Å². The second kappa shape index (κ2) is 9.10. The van der Waals surface area contributed by atoms with E-state index in [1.807, 2.05) is 38.1 Å². The zero-order valence-corrected chi connectivity index (χ0v) is 14.1. The molecule has 1 aromatic rings. The van der Waals surface area contributed by atoms with Gasteiger partial charge in [-0.25, -0.2) is 0 Å². The van der Waals surface area contributed by atoms with E-state index in [-0.39, 0.29) is 24.2 Å². The Bertz CT molecular complexity index is 459. The molecule has 6 heteroatoms. The lowest BCUT2D eigenvalue weighted by molar-refractivity contribution is -0.118. The average Bonchev–Trinajstić information content (AvgIpc) is 2.49. The fourth-order valence-electron chi connectivity index (χ4n) is 2.24. The van der Waals surface area contributed by atoms with Crippen molar-refractivity contribution in [3.63, 3.8) is 0 Å². The summed E-state index contributed by atoms with van der Waals surface area (Å²) in [5, 5.41) is 2.86. The van der Waals surface area contributed by atoms with E-state index in [4.69, 9.17) is 10.5 Å². The Morgan fingerprint density at radius 1 is 1.27 bits per heavy atom. The van der Waals surface area contributed by atoms with Crippen molar-refractivity contribution in [3.05, 3.63) is 29.8 Å². The molecule has 124 valence electrons. The number of hydrogen-bond acceptors (Lipinski definition) is 4. The van der Waals surface area contributed by atoms with Crippen molar-refractivity contribution in [1.29, 1.82) is 0 Å². The van der Waals surface area contributed by atoms with Gasteiger partial charge in [0.05, 0.1) is 19.3 Å². The van der Waals surface area contributed by atoms with E-state index < -0.39 is 6.04 Å². The molecule has 0 saturated carbocycles. The summed E-state index contributed by atoms with van der Waals surface area (Å²) < 4.78 is 5.34. The van der Waals surface area contributed by atoms with Crippen molar-refractivity contribution in [2.45, 2.75) is 26.4 Å². The van der Waals surface area contributed by atoms with Crippen LogP contribution in [0.5, 0.6) is 0 Å². The molecule has 1 aromatic carbocycles. The number of anilines is 1. The predicted octanol–water partition coefficient (Wildman–Crippen LogP) is 1.86. The van der Waals surface area contributed by atoms with E-state index in [1.165, 1.54) is 5.56 Å². The second-order valence-corrected chi connectivity index (χ2v) is 5.84. The number of nitrogens with one attached hydrogen (secondary N) is 1. The number of carbonyl (C=O) groups excluding carboxylic acids is 1. The van der Waals surface area contributed by atoms with Gasteiger partial charge in [-0.05, 0) is 23.6 Å². The highest BCUT2D eigenvalue weighted by atomic mass is 35.5. The summed E-state index contributed by atoms with van der Waals surface area (Å²) in [5.41, 5.74) is 7.86. The molecule has 0 spiro atoms. The van der Waals surface area contributed by atoms with Gasteiger partial charge in [0.15, 0.2) is 0 Å². The largest absolute Gasteiger partial charge is 0.379 e. The molecule has 1 heterocycles. The van der Waals surface area contributed by atoms with E-state index in [2.05, 4.69) is 10.2 Å². The van der Waals surface area contributed by atoms with Crippen LogP contribution in [0.1, 0.15) is 19.4 Å². The molecule has 5 nitrogen and oxygen atoms in total. The first-order valence-electron chi connectivity index (χ1n) is 7.52. The molecule has 1 amide bonds. The third-order valence-corrected chi connectivity index (χ3v) is 3.75. The van der Waals surface area contributed by atoms with E-state index in [0.29, 0.717) is 0 Å². The summed E-state index contributed by atoms with van der Waals surface area (Å²) in [7, 11) is 0. The van der Waals surface area contributed by atoms with E-state index >= 15 is 0 Å². The molecule has 0 aliphatic carbocycles. The first-order valence-corrected chi connectivity index (χ1v) is 7.52. The van der Waals surface area contributed by atoms with Gasteiger partial charge in [-0.2, -0.15) is 0 Å². The normalized spacial score (nSPS) is 16.9. The minimum absolute atomic E-state index is 0. The lowest BCUT2D eigenvalue weighted by atomic mass is 10.0. The fourth-order valence-corrected chi connectivity index (χ4v) is 2.24. The summed E-state index contributed by atoms with van der Waals surface area (Å²) in [4.78, 5) is 14.3. The van der Waals surface area contributed by atoms with Crippen LogP contribution in [-0.4, -0.2) is 43.2 Å². The van der Waals surface area contributed by atoms with Crippen molar-refractivity contribution >= 4 is 24.0 Å². The standard InChI is InChI=1S/C16H25N3O2.ClH/c1-12(2)15(17)16(20)18-14-5-3-13(4-6-14)11-19-7-9-21-10-8-19;/h3-6,12,15H,7-11,17H2,1-2H3,(H,18,20);1H/t15-;/m0./s1. The Kier molecular flexibility index (Phi) is 7.82. The van der Waals surface area contributed by atoms with E-state index in [9.17, 15) is 4.79 Å². The highest BCUT2D eigenvalue weighted by molar-refractivity contribution is 5.94. The Labute approximate surface area is 138 Å². The minimum atomic E-state index is -0.474. The fraction of sp³-hybridized carbons (Fsp3) is 0.562. The van der Waals surface area contributed by atoms with Crippen LogP contribution in [0.2, 0.25) is 0 Å². The molecule has 1 atom stereocenters. The maximum Gasteiger partial charge on any atom is 0.241 e. The third-order valence-electron chi connectivity index (χ3n) is 3.75. The molecule has 22 heavy (non-hydrogen) atoms. The van der Waals surface area contributed by atoms with E-state index in [1.54, 1.807) is 0 Å². The molecule has 0 unspecified atom stereocenters. The molecule has 2 rings (SSSR count). The van der Waals surface area contributed by atoms with Gasteiger partial charge in [0.2, 0.25) is 5.91 Å². The van der Waals surface area contributed by atoms with Gasteiger partial charge in [-0.3, -0.25) is 9.69 Å². The molecular weight excluding hydrogens is 302 g/mol. The molecule has 0 aromatic heterocycles. The number of rotatable bonds is 5. The zero-order chi connectivity index (χ0) is 15.2. The number of hydrogen-bond donors (Lipinski definition) is 2. The van der Waals surface area contributed by atoms with Crippen LogP contribution in [0.25, 0.3) is 0 Å². The Hall–Kier alpha value is -1.14. The number of halogens is 1. The Morgan fingerprint density at radius 2 is 1.86 bits per heavy atom. The third kappa shape index (κ3) is 5.57. The maximum atomic E-state index is 11.9. The Morgan fingerprint density at radius 3 is 2.41 bits per heavy atom. The molecule has 1 aliphatic heterocycles. The van der Waals surface area contributed by atoms with Crippen LogP contribution in [0, 0.1) is 5.92 Å². The lowest BCUT2D eigenvalue weighted by Gasteiger charge is -2.26. The summed E-state index contributed by atoms with van der Waals surface area (Å²) in [6, 6.07) is 7.48. The highest BCUT2D eigenvalue weighted by Crippen LogP contribution is 2.13. The molecule has 1 fully saturated rings. The molecule has 3 N–H and O–H groups in total. The van der Waals surface area contributed by atoms with Gasteiger partial charge < -0.3 is 15.8 Å². The smallest absolute Gasteiger partial charge is 0.241 e. The van der Waals surface area contributed by atoms with Crippen LogP contribution in [0.4, 0.5) is 5.69 Å². The first-order chi connectivity index (χ1) is 10.1. The summed E-state index contributed by atoms with van der Waals surface area (Å²) in [6.45, 7) is 8.36. The summed E-state index contributed by atoms with van der Waals surface area (Å²) >= 11 is 0. The monoisotopic (exact) mass is 327 g/mol. The maximum absolute atomic E-state index is 11.9. The number of carbonyl (C=O) groups is 1. The molecular formula is C16H26ClN3O2. The van der Waals surface area contributed by atoms with Gasteiger partial charge in [-0.15, -0.1) is 12.4 Å². The molecule has 0 radical (unpaired) electrons. The van der Waals surface area contributed by atoms with Gasteiger partial charge >= 0.3 is 0 Å². The van der Waals surface area contributed by atoms with Crippen LogP contribution in [0.3, 0.4) is 0 Å². The zero-order valence-electron chi connectivity index (χ0n) is 13.2. The van der Waals surface area contributed by atoms with Crippen molar-refractivity contribution in [2.75, 3.05) is 31.6 Å². The van der Waals surface area contributed by atoms with Crippen LogP contribution in [0.15, 0.2) is 24.3 Å². The first kappa shape index (κ1) is 18.9. The summed E-state index contributed by atoms with van der Waals surface area (Å²) in [6.07, 6.45) is 0. The number of morpholine rings is 1. The molecule has 1 saturated heterocycles. The number of benzene rings is 1. The van der Waals surface area contributed by atoms with Crippen molar-refractivity contribution in [3.8, 4) is 0 Å². The van der Waals surface area contributed by atoms with E-state index in [0.717, 1.165) is 38.5 Å². The number of nitrogens with two attached hydrogens (primary N) is 1. The van der Waals surface area contributed by atoms with Gasteiger partial charge in [0, 0.05) is 25.3 Å². The van der Waals surface area contributed by atoms with Crippen molar-refractivity contribution < 1.29 is 9.53 Å². The lowest BCUT2D eigenvalue weighted by Crippen LogP contribution is -2.39. The molecule has 1 aliphatic rings. The van der Waals surface area contributed by atoms with Crippen molar-refractivity contribution in [1.82, 2.24) is 4.90 Å². The number of nitrogens with zero attached hydrogens (tertiary/aromatic N) is 1. The quantitative estimate of drug-likeness (QED) is 0.866. The van der Waals surface area contributed by atoms with Gasteiger partial charge in [0.25, 0.3) is 0 Å². The topological polar surface area (TPSA) is 67.6 Å². The predicted molar refractivity (Wildman–Crippen MR) is 91.2 cm³/mol. The Balaban J connectivity index is 0.00000242. The number of amides is 1. The highest BCUT2D eigenvalue weighted by Gasteiger charge is 2.17. The SMILES string of the molecule is CC(C)[C@H](N)C(=O)Nc1ccc(CN2CCOCC2)cc1.Cl. The van der Waals surface area contributed by atoms with Gasteiger partial charge in [-0.1, -0.05) is 26.0 Å². The van der Waals surface area contributed by atoms with Crippen LogP contribution < -0.4 is 11.1 Å². The van der Waals surface area contributed by atoms with Crippen molar-refractivity contribution in [2.24, 2.45) is 11.7 Å². The van der Waals surface area contributed by atoms with Gasteiger partial charge in [0.1, 0.15) is 0 Å². The second-order valence-electron chi connectivity index (χ2n) is 5.84. The number of ether oxygens (including phenoxy) is 1.